The number of nitrogens with zero attached hydrogens (tertiary/aromatic N) is 1. The summed E-state index contributed by atoms with van der Waals surface area (Å²) in [6, 6.07) is 20.6. The zero-order valence-corrected chi connectivity index (χ0v) is 21.2. The molecule has 6 nitrogen and oxygen atoms in total. The molecule has 4 rings (SSSR count). The molecule has 0 spiro atoms. The minimum atomic E-state index is -0.999. The molecule has 6 heteroatoms. The van der Waals surface area contributed by atoms with Crippen molar-refractivity contribution >= 4 is 28.5 Å². The van der Waals surface area contributed by atoms with E-state index in [0.717, 1.165) is 24.1 Å². The number of rotatable bonds is 9. The molecule has 3 aromatic carbocycles. The van der Waals surface area contributed by atoms with Gasteiger partial charge in [0.25, 0.3) is 0 Å². The lowest BCUT2D eigenvalue weighted by Crippen LogP contribution is -2.28. The molecule has 0 radical (unpaired) electrons. The Morgan fingerprint density at radius 2 is 1.75 bits per heavy atom. The highest BCUT2D eigenvalue weighted by Crippen LogP contribution is 2.32. The van der Waals surface area contributed by atoms with Crippen LogP contribution >= 0.6 is 0 Å². The van der Waals surface area contributed by atoms with E-state index in [1.54, 1.807) is 24.3 Å². The second-order valence-electron chi connectivity index (χ2n) is 9.12. The van der Waals surface area contributed by atoms with Gasteiger partial charge in [-0.3, -0.25) is 4.79 Å². The number of para-hydroxylation sites is 1. The molecule has 1 aromatic heterocycles. The van der Waals surface area contributed by atoms with Crippen molar-refractivity contribution in [2.75, 3.05) is 23.3 Å². The number of carboxylic acids is 1. The first-order chi connectivity index (χ1) is 17.3. The first kappa shape index (κ1) is 25.0. The van der Waals surface area contributed by atoms with E-state index >= 15 is 0 Å². The predicted molar refractivity (Wildman–Crippen MR) is 145 cm³/mol. The highest BCUT2D eigenvalue weighted by molar-refractivity contribution is 5.94. The van der Waals surface area contributed by atoms with E-state index in [9.17, 15) is 14.7 Å². The van der Waals surface area contributed by atoms with Crippen molar-refractivity contribution in [3.05, 3.63) is 105 Å². The summed E-state index contributed by atoms with van der Waals surface area (Å²) >= 11 is 0. The Labute approximate surface area is 211 Å². The van der Waals surface area contributed by atoms with Gasteiger partial charge in [-0.1, -0.05) is 48.5 Å². The molecule has 0 amide bonds. The van der Waals surface area contributed by atoms with Crippen LogP contribution < -0.4 is 15.6 Å². The van der Waals surface area contributed by atoms with Crippen LogP contribution in [0, 0.1) is 13.8 Å². The molecule has 0 bridgehead atoms. The van der Waals surface area contributed by atoms with E-state index in [4.69, 9.17) is 4.42 Å². The van der Waals surface area contributed by atoms with Crippen molar-refractivity contribution in [1.29, 1.82) is 0 Å². The maximum absolute atomic E-state index is 13.5. The maximum Gasteiger partial charge on any atom is 0.337 e. The Kier molecular flexibility index (Phi) is 7.44. The van der Waals surface area contributed by atoms with Crippen LogP contribution in [0.4, 0.5) is 11.6 Å². The summed E-state index contributed by atoms with van der Waals surface area (Å²) in [7, 11) is 0. The minimum Gasteiger partial charge on any atom is -0.478 e. The normalized spacial score (nSPS) is 11.9. The zero-order chi connectivity index (χ0) is 25.8. The quantitative estimate of drug-likeness (QED) is 0.288. The summed E-state index contributed by atoms with van der Waals surface area (Å²) < 4.78 is 6.51. The van der Waals surface area contributed by atoms with Crippen molar-refractivity contribution in [2.24, 2.45) is 0 Å². The summed E-state index contributed by atoms with van der Waals surface area (Å²) in [5.41, 5.74) is 4.74. The highest BCUT2D eigenvalue weighted by atomic mass is 16.4. The molecule has 0 fully saturated rings. The molecule has 2 N–H and O–H groups in total. The average molecular weight is 485 g/mol. The van der Waals surface area contributed by atoms with Crippen molar-refractivity contribution in [2.45, 2.75) is 40.2 Å². The number of aromatic carboxylic acids is 1. The van der Waals surface area contributed by atoms with Crippen LogP contribution in [0.1, 0.15) is 52.5 Å². The van der Waals surface area contributed by atoms with Gasteiger partial charge in [0.15, 0.2) is 5.43 Å². The molecule has 0 saturated heterocycles. The molecule has 4 aromatic rings. The van der Waals surface area contributed by atoms with Gasteiger partial charge in [-0.05, 0) is 63.4 Å². The number of nitrogens with one attached hydrogen (secondary N) is 1. The van der Waals surface area contributed by atoms with Crippen molar-refractivity contribution < 1.29 is 14.3 Å². The van der Waals surface area contributed by atoms with E-state index < -0.39 is 5.97 Å². The third kappa shape index (κ3) is 5.13. The van der Waals surface area contributed by atoms with Crippen molar-refractivity contribution in [3.63, 3.8) is 0 Å². The van der Waals surface area contributed by atoms with Gasteiger partial charge in [0.05, 0.1) is 22.6 Å². The Morgan fingerprint density at radius 1 is 1.06 bits per heavy atom. The van der Waals surface area contributed by atoms with E-state index in [2.05, 4.69) is 29.3 Å². The van der Waals surface area contributed by atoms with Gasteiger partial charge in [0.2, 0.25) is 5.88 Å². The number of benzene rings is 3. The van der Waals surface area contributed by atoms with Gasteiger partial charge in [0.1, 0.15) is 5.58 Å². The number of hydrogen-bond acceptors (Lipinski definition) is 5. The molecule has 0 unspecified atom stereocenters. The van der Waals surface area contributed by atoms with Gasteiger partial charge in [-0.25, -0.2) is 4.79 Å². The van der Waals surface area contributed by atoms with Crippen LogP contribution in [0.25, 0.3) is 11.0 Å². The second kappa shape index (κ2) is 10.7. The van der Waals surface area contributed by atoms with Crippen LogP contribution in [-0.4, -0.2) is 24.2 Å². The Balaban J connectivity index is 1.76. The number of carboxylic acid groups (broad SMARTS) is 1. The summed E-state index contributed by atoms with van der Waals surface area (Å²) in [4.78, 5) is 27.3. The highest BCUT2D eigenvalue weighted by Gasteiger charge is 2.21. The zero-order valence-electron chi connectivity index (χ0n) is 21.2. The fraction of sp³-hybridized carbons (Fsp3) is 0.267. The maximum atomic E-state index is 13.5. The third-order valence-electron chi connectivity index (χ3n) is 6.54. The summed E-state index contributed by atoms with van der Waals surface area (Å²) in [6.07, 6.45) is 0.834. The third-order valence-corrected chi connectivity index (χ3v) is 6.54. The molecule has 0 aliphatic carbocycles. The van der Waals surface area contributed by atoms with Gasteiger partial charge in [-0.2, -0.15) is 0 Å². The molecular weight excluding hydrogens is 452 g/mol. The number of carbonyl (C=O) groups is 1. The number of anilines is 2. The smallest absolute Gasteiger partial charge is 0.337 e. The molecule has 0 aliphatic rings. The average Bonchev–Trinajstić information content (AvgIpc) is 2.88. The van der Waals surface area contributed by atoms with Crippen LogP contribution in [-0.2, 0) is 6.42 Å². The van der Waals surface area contributed by atoms with E-state index in [1.165, 1.54) is 5.56 Å². The lowest BCUT2D eigenvalue weighted by atomic mass is 10.00. The summed E-state index contributed by atoms with van der Waals surface area (Å²) in [6.45, 7) is 9.18. The summed E-state index contributed by atoms with van der Waals surface area (Å²) in [5.74, 6) is -0.421. The first-order valence-electron chi connectivity index (χ1n) is 12.3. The van der Waals surface area contributed by atoms with Gasteiger partial charge >= 0.3 is 5.97 Å². The number of aryl methyl sites for hydroxylation is 1. The number of fused-ring (bicyclic) bond motifs is 1. The molecule has 186 valence electrons. The first-order valence-corrected chi connectivity index (χ1v) is 12.3. The molecule has 1 heterocycles. The second-order valence-corrected chi connectivity index (χ2v) is 9.12. The van der Waals surface area contributed by atoms with Gasteiger partial charge < -0.3 is 19.7 Å². The van der Waals surface area contributed by atoms with Crippen LogP contribution in [0.2, 0.25) is 0 Å². The molecule has 36 heavy (non-hydrogen) atoms. The SMILES string of the molecule is CCN(CCc1ccccc1)c1oc2c([C@@H](C)Nc3ccccc3C(=O)O)cc(C)cc2c(=O)c1C. The van der Waals surface area contributed by atoms with Crippen LogP contribution in [0.15, 0.2) is 75.9 Å². The largest absolute Gasteiger partial charge is 0.478 e. The van der Waals surface area contributed by atoms with E-state index in [1.807, 2.05) is 51.1 Å². The fourth-order valence-electron chi connectivity index (χ4n) is 4.60. The lowest BCUT2D eigenvalue weighted by Gasteiger charge is -2.25. The van der Waals surface area contributed by atoms with Gasteiger partial charge in [-0.15, -0.1) is 0 Å². The van der Waals surface area contributed by atoms with E-state index in [-0.39, 0.29) is 17.0 Å². The molecule has 0 saturated carbocycles. The van der Waals surface area contributed by atoms with E-state index in [0.29, 0.717) is 34.6 Å². The minimum absolute atomic E-state index is 0.0486. The summed E-state index contributed by atoms with van der Waals surface area (Å²) in [5, 5.41) is 13.4. The van der Waals surface area contributed by atoms with Crippen molar-refractivity contribution in [1.82, 2.24) is 0 Å². The monoisotopic (exact) mass is 484 g/mol. The molecule has 1 atom stereocenters. The molecule has 0 aliphatic heterocycles. The Morgan fingerprint density at radius 3 is 2.44 bits per heavy atom. The predicted octanol–water partition coefficient (Wildman–Crippen LogP) is 6.35. The standard InChI is InChI=1S/C30H32N2O4/c1-5-32(16-15-22-11-7-6-8-12-22)29-20(3)27(33)25-18-19(2)17-24(28(25)36-29)21(4)31-26-14-10-9-13-23(26)30(34)35/h6-14,17-18,21,31H,5,15-16H2,1-4H3,(H,34,35)/t21-/m1/s1. The number of hydrogen-bond donors (Lipinski definition) is 2. The van der Waals surface area contributed by atoms with Crippen LogP contribution in [0.3, 0.4) is 0 Å². The Hall–Kier alpha value is -4.06. The topological polar surface area (TPSA) is 82.8 Å². The van der Waals surface area contributed by atoms with Gasteiger partial charge in [0, 0.05) is 24.3 Å². The van der Waals surface area contributed by atoms with Crippen LogP contribution in [0.5, 0.6) is 0 Å². The van der Waals surface area contributed by atoms with Crippen molar-refractivity contribution in [3.8, 4) is 0 Å². The molecular formula is C30H32N2O4. The number of likely N-dealkylation sites (N-methyl/N-ethyl adjacent to an activating group) is 1. The lowest BCUT2D eigenvalue weighted by molar-refractivity contribution is 0.0698. The fourth-order valence-corrected chi connectivity index (χ4v) is 4.60. The Bertz CT molecular complexity index is 1440.